The van der Waals surface area contributed by atoms with E-state index in [1.807, 2.05) is 18.7 Å². The van der Waals surface area contributed by atoms with Gasteiger partial charge in [-0.05, 0) is 38.1 Å². The summed E-state index contributed by atoms with van der Waals surface area (Å²) in [5.74, 6) is 0.112. The van der Waals surface area contributed by atoms with Gasteiger partial charge in [0.15, 0.2) is 6.54 Å². The first-order chi connectivity index (χ1) is 12.8. The summed E-state index contributed by atoms with van der Waals surface area (Å²) in [6.45, 7) is 7.64. The molecule has 1 amide bonds. The summed E-state index contributed by atoms with van der Waals surface area (Å²) in [5.41, 5.74) is 0. The van der Waals surface area contributed by atoms with Crippen LogP contribution in [0.1, 0.15) is 13.8 Å². The van der Waals surface area contributed by atoms with Crippen LogP contribution in [0.4, 0.5) is 0 Å². The zero-order valence-electron chi connectivity index (χ0n) is 15.7. The van der Waals surface area contributed by atoms with Crippen molar-refractivity contribution in [3.8, 4) is 0 Å². The molecule has 1 aromatic rings. The average Bonchev–Trinajstić information content (AvgIpc) is 2.61. The van der Waals surface area contributed by atoms with Crippen LogP contribution in [0.2, 0.25) is 5.02 Å². The van der Waals surface area contributed by atoms with Crippen molar-refractivity contribution < 1.29 is 22.8 Å². The SMILES string of the molecule is C[C@@H]1CN(C(=O)C[NH+]2CCN(S(=O)(=O)c3ccc(Cl)cc3)CC2)C[C@@H](C)O1. The van der Waals surface area contributed by atoms with E-state index in [1.165, 1.54) is 16.4 Å². The number of morpholine rings is 1. The van der Waals surface area contributed by atoms with Crippen LogP contribution in [0.25, 0.3) is 0 Å². The molecule has 2 saturated heterocycles. The van der Waals surface area contributed by atoms with Gasteiger partial charge < -0.3 is 14.5 Å². The third-order valence-electron chi connectivity index (χ3n) is 5.05. The lowest BCUT2D eigenvalue weighted by atomic mass is 10.2. The molecule has 7 nitrogen and oxygen atoms in total. The summed E-state index contributed by atoms with van der Waals surface area (Å²) in [5, 5.41) is 0.508. The Kier molecular flexibility index (Phi) is 6.43. The number of nitrogens with one attached hydrogen (secondary N) is 1. The number of nitrogens with zero attached hydrogens (tertiary/aromatic N) is 2. The number of piperazine rings is 1. The first-order valence-electron chi connectivity index (χ1n) is 9.28. The molecular weight excluding hydrogens is 390 g/mol. The maximum absolute atomic E-state index is 12.7. The van der Waals surface area contributed by atoms with Crippen LogP contribution >= 0.6 is 11.6 Å². The smallest absolute Gasteiger partial charge is 0.277 e. The van der Waals surface area contributed by atoms with Crippen LogP contribution in [-0.2, 0) is 19.6 Å². The Labute approximate surface area is 165 Å². The quantitative estimate of drug-likeness (QED) is 0.742. The number of benzene rings is 1. The minimum Gasteiger partial charge on any atom is -0.372 e. The third-order valence-corrected chi connectivity index (χ3v) is 7.22. The van der Waals surface area contributed by atoms with Crippen LogP contribution < -0.4 is 4.90 Å². The first-order valence-corrected chi connectivity index (χ1v) is 11.1. The monoisotopic (exact) mass is 416 g/mol. The minimum absolute atomic E-state index is 0.0501. The Morgan fingerprint density at radius 2 is 1.70 bits per heavy atom. The Bertz CT molecular complexity index is 753. The van der Waals surface area contributed by atoms with Gasteiger partial charge in [-0.1, -0.05) is 11.6 Å². The molecule has 9 heteroatoms. The van der Waals surface area contributed by atoms with Crippen molar-refractivity contribution >= 4 is 27.5 Å². The molecule has 0 saturated carbocycles. The fraction of sp³-hybridized carbons (Fsp3) is 0.611. The predicted octanol–water partition coefficient (Wildman–Crippen LogP) is -0.135. The second-order valence-corrected chi connectivity index (χ2v) is 9.72. The fourth-order valence-corrected chi connectivity index (χ4v) is 5.25. The van der Waals surface area contributed by atoms with Gasteiger partial charge in [0.25, 0.3) is 5.91 Å². The van der Waals surface area contributed by atoms with Crippen LogP contribution in [0.15, 0.2) is 29.2 Å². The van der Waals surface area contributed by atoms with Gasteiger partial charge in [-0.2, -0.15) is 4.31 Å². The van der Waals surface area contributed by atoms with Gasteiger partial charge in [-0.15, -0.1) is 0 Å². The highest BCUT2D eigenvalue weighted by atomic mass is 35.5. The van der Waals surface area contributed by atoms with E-state index in [1.54, 1.807) is 12.1 Å². The molecule has 2 aliphatic rings. The summed E-state index contributed by atoms with van der Waals surface area (Å²) in [4.78, 5) is 15.8. The lowest BCUT2D eigenvalue weighted by Crippen LogP contribution is -3.15. The molecule has 0 aliphatic carbocycles. The number of hydrogen-bond donors (Lipinski definition) is 1. The first kappa shape index (κ1) is 20.5. The summed E-state index contributed by atoms with van der Waals surface area (Å²) in [6, 6.07) is 6.22. The standard InChI is InChI=1S/C18H26ClN3O4S/c1-14-11-21(12-15(2)26-14)18(23)13-20-7-9-22(10-8-20)27(24,25)17-5-3-16(19)4-6-17/h3-6,14-15H,7-13H2,1-2H3/p+1/t14-,15-/m1/s1. The molecule has 2 fully saturated rings. The number of carbonyl (C=O) groups excluding carboxylic acids is 1. The maximum Gasteiger partial charge on any atom is 0.277 e. The van der Waals surface area contributed by atoms with Gasteiger partial charge >= 0.3 is 0 Å². The topological polar surface area (TPSA) is 71.4 Å². The van der Waals surface area contributed by atoms with E-state index in [2.05, 4.69) is 0 Å². The molecular formula is C18H27ClN3O4S+. The van der Waals surface area contributed by atoms with Gasteiger partial charge in [-0.3, -0.25) is 4.79 Å². The zero-order valence-corrected chi connectivity index (χ0v) is 17.3. The Morgan fingerprint density at radius 1 is 1.15 bits per heavy atom. The van der Waals surface area contributed by atoms with E-state index in [-0.39, 0.29) is 23.0 Å². The molecule has 1 aromatic carbocycles. The maximum atomic E-state index is 12.7. The van der Waals surface area contributed by atoms with Crippen LogP contribution in [0.3, 0.4) is 0 Å². The van der Waals surface area contributed by atoms with Gasteiger partial charge in [0.1, 0.15) is 0 Å². The highest BCUT2D eigenvalue weighted by Crippen LogP contribution is 2.18. The van der Waals surface area contributed by atoms with E-state index in [4.69, 9.17) is 16.3 Å². The molecule has 2 aliphatic heterocycles. The normalized spacial score (nSPS) is 25.5. The highest BCUT2D eigenvalue weighted by molar-refractivity contribution is 7.89. The van der Waals surface area contributed by atoms with Crippen molar-refractivity contribution in [3.05, 3.63) is 29.3 Å². The number of hydrogen-bond acceptors (Lipinski definition) is 4. The number of carbonyl (C=O) groups is 1. The number of quaternary nitrogens is 1. The van der Waals surface area contributed by atoms with Crippen molar-refractivity contribution in [1.29, 1.82) is 0 Å². The lowest BCUT2D eigenvalue weighted by Gasteiger charge is -2.37. The largest absolute Gasteiger partial charge is 0.372 e. The van der Waals surface area contributed by atoms with Crippen molar-refractivity contribution in [2.75, 3.05) is 45.8 Å². The molecule has 0 bridgehead atoms. The summed E-state index contributed by atoms with van der Waals surface area (Å²) >= 11 is 5.84. The second-order valence-electron chi connectivity index (χ2n) is 7.34. The Morgan fingerprint density at radius 3 is 2.26 bits per heavy atom. The van der Waals surface area contributed by atoms with E-state index in [0.717, 1.165) is 4.90 Å². The number of sulfonamides is 1. The van der Waals surface area contributed by atoms with Gasteiger partial charge in [0.05, 0.1) is 43.3 Å². The molecule has 0 aromatic heterocycles. The molecule has 27 heavy (non-hydrogen) atoms. The van der Waals surface area contributed by atoms with E-state index < -0.39 is 10.0 Å². The molecule has 1 N–H and O–H groups in total. The van der Waals surface area contributed by atoms with Crippen LogP contribution in [0.5, 0.6) is 0 Å². The lowest BCUT2D eigenvalue weighted by molar-refractivity contribution is -0.896. The number of amides is 1. The van der Waals surface area contributed by atoms with Crippen LogP contribution in [-0.4, -0.2) is 81.6 Å². The highest BCUT2D eigenvalue weighted by Gasteiger charge is 2.33. The summed E-state index contributed by atoms with van der Waals surface area (Å²) in [6.07, 6.45) is 0.100. The van der Waals surface area contributed by atoms with Gasteiger partial charge in [0.2, 0.25) is 10.0 Å². The van der Waals surface area contributed by atoms with Gasteiger partial charge in [-0.25, -0.2) is 8.42 Å². The summed E-state index contributed by atoms with van der Waals surface area (Å²) in [7, 11) is -3.52. The van der Waals surface area contributed by atoms with Crippen LogP contribution in [0, 0.1) is 0 Å². The zero-order chi connectivity index (χ0) is 19.6. The van der Waals surface area contributed by atoms with Gasteiger partial charge in [0, 0.05) is 18.1 Å². The minimum atomic E-state index is -3.52. The average molecular weight is 417 g/mol. The van der Waals surface area contributed by atoms with Crippen molar-refractivity contribution in [2.24, 2.45) is 0 Å². The number of halogens is 1. The van der Waals surface area contributed by atoms with Crippen molar-refractivity contribution in [2.45, 2.75) is 31.0 Å². The second kappa shape index (κ2) is 8.45. The van der Waals surface area contributed by atoms with E-state index >= 15 is 0 Å². The number of ether oxygens (including phenoxy) is 1. The summed E-state index contributed by atoms with van der Waals surface area (Å²) < 4.78 is 32.6. The van der Waals surface area contributed by atoms with Crippen molar-refractivity contribution in [3.63, 3.8) is 0 Å². The van der Waals surface area contributed by atoms with E-state index in [9.17, 15) is 13.2 Å². The fourth-order valence-electron chi connectivity index (χ4n) is 3.68. The predicted molar refractivity (Wildman–Crippen MR) is 102 cm³/mol. The van der Waals surface area contributed by atoms with E-state index in [0.29, 0.717) is 50.8 Å². The van der Waals surface area contributed by atoms with Crippen molar-refractivity contribution in [1.82, 2.24) is 9.21 Å². The molecule has 150 valence electrons. The molecule has 0 radical (unpaired) electrons. The number of rotatable bonds is 4. The Hall–Kier alpha value is -1.19. The molecule has 3 rings (SSSR count). The third kappa shape index (κ3) is 5.00. The molecule has 0 unspecified atom stereocenters. The molecule has 2 heterocycles. The molecule has 2 atom stereocenters. The Balaban J connectivity index is 1.54. The molecule has 0 spiro atoms.